The van der Waals surface area contributed by atoms with E-state index in [0.29, 0.717) is 0 Å². The van der Waals surface area contributed by atoms with Crippen LogP contribution in [0, 0.1) is 11.8 Å². The summed E-state index contributed by atoms with van der Waals surface area (Å²) in [5.74, 6) is 1.91. The Bertz CT molecular complexity index is 194. The third kappa shape index (κ3) is 3.48. The highest BCUT2D eigenvalue weighted by atomic mass is 15.0. The van der Waals surface area contributed by atoms with Crippen molar-refractivity contribution in [3.8, 4) is 0 Å². The zero-order valence-corrected chi connectivity index (χ0v) is 11.2. The Kier molecular flexibility index (Phi) is 4.69. The Morgan fingerprint density at radius 1 is 0.938 bits per heavy atom. The van der Waals surface area contributed by atoms with Crippen LogP contribution in [0.3, 0.4) is 0 Å². The minimum Gasteiger partial charge on any atom is -0.311 e. The van der Waals surface area contributed by atoms with Gasteiger partial charge in [0.15, 0.2) is 0 Å². The van der Waals surface area contributed by atoms with Crippen molar-refractivity contribution >= 4 is 0 Å². The van der Waals surface area contributed by atoms with Crippen molar-refractivity contribution in [3.63, 3.8) is 0 Å². The highest BCUT2D eigenvalue weighted by Gasteiger charge is 2.25. The largest absolute Gasteiger partial charge is 0.311 e. The van der Waals surface area contributed by atoms with Gasteiger partial charge in [-0.1, -0.05) is 32.6 Å². The van der Waals surface area contributed by atoms with Gasteiger partial charge in [-0.15, -0.1) is 0 Å². The molecule has 0 amide bonds. The fourth-order valence-electron chi connectivity index (χ4n) is 3.68. The van der Waals surface area contributed by atoms with Crippen LogP contribution in [-0.4, -0.2) is 12.1 Å². The van der Waals surface area contributed by atoms with Crippen LogP contribution in [0.2, 0.25) is 0 Å². The maximum atomic E-state index is 3.91. The molecular formula is C15H29N. The molecule has 0 heterocycles. The second kappa shape index (κ2) is 6.05. The van der Waals surface area contributed by atoms with E-state index in [2.05, 4.69) is 19.2 Å². The van der Waals surface area contributed by atoms with Crippen LogP contribution < -0.4 is 5.32 Å². The number of hydrogen-bond donors (Lipinski definition) is 1. The molecule has 0 bridgehead atoms. The Morgan fingerprint density at radius 2 is 1.62 bits per heavy atom. The van der Waals surface area contributed by atoms with Gasteiger partial charge >= 0.3 is 0 Å². The van der Waals surface area contributed by atoms with Crippen molar-refractivity contribution in [2.75, 3.05) is 0 Å². The fourth-order valence-corrected chi connectivity index (χ4v) is 3.68. The van der Waals surface area contributed by atoms with Crippen LogP contribution >= 0.6 is 0 Å². The summed E-state index contributed by atoms with van der Waals surface area (Å²) < 4.78 is 0. The standard InChI is InChI=1S/C15H29N/c1-12-9-10-15(11-12)16-13(2)14-7-5-3-4-6-8-14/h12-16H,3-11H2,1-2H3/t12?,13-,15?/m1/s1. The lowest BCUT2D eigenvalue weighted by molar-refractivity contribution is 0.307. The topological polar surface area (TPSA) is 12.0 Å². The van der Waals surface area contributed by atoms with Crippen molar-refractivity contribution < 1.29 is 0 Å². The zero-order chi connectivity index (χ0) is 11.4. The fraction of sp³-hybridized carbons (Fsp3) is 1.00. The molecule has 2 saturated carbocycles. The van der Waals surface area contributed by atoms with Gasteiger partial charge in [0.25, 0.3) is 0 Å². The molecule has 0 aromatic heterocycles. The maximum absolute atomic E-state index is 3.91. The summed E-state index contributed by atoms with van der Waals surface area (Å²) in [5.41, 5.74) is 0. The normalized spacial score (nSPS) is 34.9. The Hall–Kier alpha value is -0.0400. The van der Waals surface area contributed by atoms with Gasteiger partial charge in [0.05, 0.1) is 0 Å². The summed E-state index contributed by atoms with van der Waals surface area (Å²) >= 11 is 0. The summed E-state index contributed by atoms with van der Waals surface area (Å²) in [6, 6.07) is 1.58. The molecule has 0 aliphatic heterocycles. The summed E-state index contributed by atoms with van der Waals surface area (Å²) in [6.45, 7) is 4.83. The Balaban J connectivity index is 1.75. The van der Waals surface area contributed by atoms with Gasteiger partial charge in [-0.25, -0.2) is 0 Å². The van der Waals surface area contributed by atoms with Gasteiger partial charge in [-0.2, -0.15) is 0 Å². The van der Waals surface area contributed by atoms with E-state index in [1.807, 2.05) is 0 Å². The number of rotatable bonds is 3. The van der Waals surface area contributed by atoms with Gasteiger partial charge in [-0.3, -0.25) is 0 Å². The van der Waals surface area contributed by atoms with Crippen LogP contribution in [0.5, 0.6) is 0 Å². The quantitative estimate of drug-likeness (QED) is 0.710. The van der Waals surface area contributed by atoms with Crippen LogP contribution in [0.4, 0.5) is 0 Å². The third-order valence-corrected chi connectivity index (χ3v) is 4.80. The molecule has 94 valence electrons. The van der Waals surface area contributed by atoms with Gasteiger partial charge in [0.1, 0.15) is 0 Å². The zero-order valence-electron chi connectivity index (χ0n) is 11.2. The SMILES string of the molecule is CC1CCC(N[C@H](C)C2CCCCCC2)C1. The monoisotopic (exact) mass is 223 g/mol. The molecule has 0 saturated heterocycles. The van der Waals surface area contributed by atoms with Crippen molar-refractivity contribution in [2.45, 2.75) is 83.7 Å². The van der Waals surface area contributed by atoms with Crippen LogP contribution in [-0.2, 0) is 0 Å². The Labute approximate surface area is 101 Å². The first kappa shape index (κ1) is 12.4. The first-order chi connectivity index (χ1) is 7.75. The molecule has 3 atom stereocenters. The van der Waals surface area contributed by atoms with E-state index in [1.165, 1.54) is 57.8 Å². The molecule has 16 heavy (non-hydrogen) atoms. The van der Waals surface area contributed by atoms with E-state index in [4.69, 9.17) is 0 Å². The molecule has 2 aliphatic carbocycles. The second-order valence-corrected chi connectivity index (χ2v) is 6.32. The summed E-state index contributed by atoms with van der Waals surface area (Å²) in [7, 11) is 0. The molecule has 1 nitrogen and oxygen atoms in total. The summed E-state index contributed by atoms with van der Waals surface area (Å²) in [6.07, 6.45) is 13.1. The average molecular weight is 223 g/mol. The maximum Gasteiger partial charge on any atom is 0.00722 e. The summed E-state index contributed by atoms with van der Waals surface area (Å²) in [5, 5.41) is 3.91. The molecule has 1 N–H and O–H groups in total. The van der Waals surface area contributed by atoms with Gasteiger partial charge < -0.3 is 5.32 Å². The van der Waals surface area contributed by atoms with E-state index in [0.717, 1.165) is 23.9 Å². The molecule has 2 rings (SSSR count). The van der Waals surface area contributed by atoms with Crippen LogP contribution in [0.25, 0.3) is 0 Å². The predicted octanol–water partition coefficient (Wildman–Crippen LogP) is 4.12. The Morgan fingerprint density at radius 3 is 2.19 bits per heavy atom. The minimum atomic E-state index is 0.758. The molecule has 2 aliphatic rings. The first-order valence-corrected chi connectivity index (χ1v) is 7.51. The van der Waals surface area contributed by atoms with Gasteiger partial charge in [0.2, 0.25) is 0 Å². The van der Waals surface area contributed by atoms with Crippen molar-refractivity contribution in [1.82, 2.24) is 5.32 Å². The van der Waals surface area contributed by atoms with Gasteiger partial charge in [0, 0.05) is 12.1 Å². The van der Waals surface area contributed by atoms with E-state index in [9.17, 15) is 0 Å². The smallest absolute Gasteiger partial charge is 0.00722 e. The average Bonchev–Trinajstić information content (AvgIpc) is 2.56. The van der Waals surface area contributed by atoms with Crippen LogP contribution in [0.15, 0.2) is 0 Å². The number of nitrogens with one attached hydrogen (secondary N) is 1. The van der Waals surface area contributed by atoms with E-state index in [-0.39, 0.29) is 0 Å². The highest BCUT2D eigenvalue weighted by molar-refractivity contribution is 4.83. The molecule has 0 aromatic carbocycles. The lowest BCUT2D eigenvalue weighted by Gasteiger charge is -2.27. The molecule has 0 spiro atoms. The van der Waals surface area contributed by atoms with Gasteiger partial charge in [-0.05, 0) is 50.9 Å². The van der Waals surface area contributed by atoms with E-state index < -0.39 is 0 Å². The second-order valence-electron chi connectivity index (χ2n) is 6.32. The van der Waals surface area contributed by atoms with E-state index in [1.54, 1.807) is 0 Å². The molecule has 0 radical (unpaired) electrons. The van der Waals surface area contributed by atoms with Crippen molar-refractivity contribution in [2.24, 2.45) is 11.8 Å². The lowest BCUT2D eigenvalue weighted by atomic mass is 9.92. The van der Waals surface area contributed by atoms with Crippen LogP contribution in [0.1, 0.15) is 71.6 Å². The molecule has 1 heteroatoms. The first-order valence-electron chi connectivity index (χ1n) is 7.51. The highest BCUT2D eigenvalue weighted by Crippen LogP contribution is 2.29. The van der Waals surface area contributed by atoms with Crippen molar-refractivity contribution in [3.05, 3.63) is 0 Å². The van der Waals surface area contributed by atoms with E-state index >= 15 is 0 Å². The third-order valence-electron chi connectivity index (χ3n) is 4.80. The number of hydrogen-bond acceptors (Lipinski definition) is 1. The predicted molar refractivity (Wildman–Crippen MR) is 70.6 cm³/mol. The minimum absolute atomic E-state index is 0.758. The molecule has 0 aromatic rings. The summed E-state index contributed by atoms with van der Waals surface area (Å²) in [4.78, 5) is 0. The molecule has 2 unspecified atom stereocenters. The van der Waals surface area contributed by atoms with Crippen molar-refractivity contribution in [1.29, 1.82) is 0 Å². The molecular weight excluding hydrogens is 194 g/mol. The lowest BCUT2D eigenvalue weighted by Crippen LogP contribution is -2.39. The molecule has 2 fully saturated rings.